The lowest BCUT2D eigenvalue weighted by Gasteiger charge is -2.40. The molecule has 1 amide bonds. The molecule has 7 heteroatoms. The maximum atomic E-state index is 12.2. The highest BCUT2D eigenvalue weighted by Crippen LogP contribution is 2.21. The number of amides is 1. The number of H-pyrrole nitrogens is 1. The zero-order valence-electron chi connectivity index (χ0n) is 14.0. The molecule has 1 aliphatic heterocycles. The van der Waals surface area contributed by atoms with Crippen LogP contribution in [0.3, 0.4) is 0 Å². The van der Waals surface area contributed by atoms with E-state index < -0.39 is 5.60 Å². The Hall–Kier alpha value is -2.31. The lowest BCUT2D eigenvalue weighted by atomic mass is 10.2. The summed E-state index contributed by atoms with van der Waals surface area (Å²) in [6, 6.07) is 3.99. The van der Waals surface area contributed by atoms with Crippen LogP contribution in [0.1, 0.15) is 27.7 Å². The van der Waals surface area contributed by atoms with Crippen molar-refractivity contribution in [1.29, 1.82) is 0 Å². The molecule has 3 heterocycles. The number of fused-ring (bicyclic) bond motifs is 1. The molecule has 1 fully saturated rings. The number of nitrogens with one attached hydrogen (secondary N) is 1. The summed E-state index contributed by atoms with van der Waals surface area (Å²) in [6.07, 6.45) is 1.48. The van der Waals surface area contributed by atoms with Crippen LogP contribution in [0.25, 0.3) is 11.2 Å². The lowest BCUT2D eigenvalue weighted by molar-refractivity contribution is 0.0218. The van der Waals surface area contributed by atoms with Gasteiger partial charge in [0.1, 0.15) is 5.60 Å². The van der Waals surface area contributed by atoms with E-state index in [-0.39, 0.29) is 12.1 Å². The highest BCUT2D eigenvalue weighted by molar-refractivity contribution is 5.73. The number of hydrogen-bond acceptors (Lipinski definition) is 5. The molecule has 2 aromatic heterocycles. The van der Waals surface area contributed by atoms with Gasteiger partial charge >= 0.3 is 6.09 Å². The summed E-state index contributed by atoms with van der Waals surface area (Å²) in [6.45, 7) is 9.66. The Balaban J connectivity index is 1.70. The van der Waals surface area contributed by atoms with Gasteiger partial charge in [-0.3, -0.25) is 0 Å². The quantitative estimate of drug-likeness (QED) is 0.874. The van der Waals surface area contributed by atoms with Crippen LogP contribution in [0.15, 0.2) is 18.3 Å². The fourth-order valence-corrected chi connectivity index (χ4v) is 2.73. The van der Waals surface area contributed by atoms with Gasteiger partial charge in [0, 0.05) is 31.9 Å². The van der Waals surface area contributed by atoms with Crippen molar-refractivity contribution in [2.24, 2.45) is 0 Å². The topological polar surface area (TPSA) is 74.3 Å². The SMILES string of the molecule is C[C@@H]1CN(C(=O)OC(C)(C)C)CCN1c1nc2ncccc2[nH]1. The average molecular weight is 317 g/mol. The average Bonchev–Trinajstić information content (AvgIpc) is 2.88. The maximum absolute atomic E-state index is 12.2. The molecule has 0 spiro atoms. The van der Waals surface area contributed by atoms with Crippen LogP contribution in [-0.2, 0) is 4.74 Å². The second-order valence-electron chi connectivity index (χ2n) is 6.90. The number of piperazine rings is 1. The second kappa shape index (κ2) is 5.72. The number of carbonyl (C=O) groups is 1. The van der Waals surface area contributed by atoms with Crippen LogP contribution < -0.4 is 4.90 Å². The van der Waals surface area contributed by atoms with Gasteiger partial charge in [0.25, 0.3) is 0 Å². The molecule has 1 N–H and O–H groups in total. The molecule has 0 radical (unpaired) electrons. The monoisotopic (exact) mass is 317 g/mol. The summed E-state index contributed by atoms with van der Waals surface area (Å²) in [4.78, 5) is 28.2. The fraction of sp³-hybridized carbons (Fsp3) is 0.562. The summed E-state index contributed by atoms with van der Waals surface area (Å²) in [5.74, 6) is 0.801. The van der Waals surface area contributed by atoms with Crippen LogP contribution in [0.5, 0.6) is 0 Å². The summed E-state index contributed by atoms with van der Waals surface area (Å²) < 4.78 is 5.45. The van der Waals surface area contributed by atoms with Crippen molar-refractivity contribution in [3.8, 4) is 0 Å². The van der Waals surface area contributed by atoms with E-state index >= 15 is 0 Å². The fourth-order valence-electron chi connectivity index (χ4n) is 2.73. The number of pyridine rings is 1. The van der Waals surface area contributed by atoms with Crippen LogP contribution in [0.4, 0.5) is 10.7 Å². The molecule has 0 aliphatic carbocycles. The molecule has 2 aromatic rings. The summed E-state index contributed by atoms with van der Waals surface area (Å²) >= 11 is 0. The number of hydrogen-bond donors (Lipinski definition) is 1. The third kappa shape index (κ3) is 3.38. The molecule has 3 rings (SSSR count). The Morgan fingerprint density at radius 1 is 1.39 bits per heavy atom. The lowest BCUT2D eigenvalue weighted by Crippen LogP contribution is -2.54. The van der Waals surface area contributed by atoms with Crippen LogP contribution in [0.2, 0.25) is 0 Å². The number of aromatic amines is 1. The molecule has 0 unspecified atom stereocenters. The molecule has 1 aliphatic rings. The summed E-state index contributed by atoms with van der Waals surface area (Å²) in [5, 5.41) is 0. The number of nitrogens with zero attached hydrogens (tertiary/aromatic N) is 4. The van der Waals surface area contributed by atoms with Crippen molar-refractivity contribution in [3.63, 3.8) is 0 Å². The van der Waals surface area contributed by atoms with E-state index in [2.05, 4.69) is 26.8 Å². The molecule has 1 atom stereocenters. The van der Waals surface area contributed by atoms with Gasteiger partial charge in [0.05, 0.1) is 5.52 Å². The predicted octanol–water partition coefficient (Wildman–Crippen LogP) is 2.40. The van der Waals surface area contributed by atoms with Gasteiger partial charge in [-0.05, 0) is 39.8 Å². The van der Waals surface area contributed by atoms with Crippen LogP contribution in [-0.4, -0.2) is 57.2 Å². The molecule has 23 heavy (non-hydrogen) atoms. The predicted molar refractivity (Wildman–Crippen MR) is 88.5 cm³/mol. The highest BCUT2D eigenvalue weighted by Gasteiger charge is 2.31. The second-order valence-corrected chi connectivity index (χ2v) is 6.90. The smallest absolute Gasteiger partial charge is 0.410 e. The minimum Gasteiger partial charge on any atom is -0.444 e. The first-order valence-electron chi connectivity index (χ1n) is 7.89. The molecule has 0 aromatic carbocycles. The van der Waals surface area contributed by atoms with E-state index in [9.17, 15) is 4.79 Å². The molecule has 0 saturated carbocycles. The van der Waals surface area contributed by atoms with Gasteiger partial charge < -0.3 is 19.5 Å². The molecular formula is C16H23N5O2. The first kappa shape index (κ1) is 15.6. The van der Waals surface area contributed by atoms with Crippen molar-refractivity contribution in [2.75, 3.05) is 24.5 Å². The molecule has 124 valence electrons. The highest BCUT2D eigenvalue weighted by atomic mass is 16.6. The molecule has 1 saturated heterocycles. The van der Waals surface area contributed by atoms with Gasteiger partial charge in [-0.25, -0.2) is 9.78 Å². The zero-order valence-corrected chi connectivity index (χ0v) is 14.0. The van der Waals surface area contributed by atoms with Crippen LogP contribution >= 0.6 is 0 Å². The first-order valence-corrected chi connectivity index (χ1v) is 7.89. The van der Waals surface area contributed by atoms with Gasteiger partial charge in [-0.1, -0.05) is 0 Å². The standard InChI is InChI=1S/C16H23N5O2/c1-11-10-20(15(22)23-16(2,3)4)8-9-21(11)14-18-12-6-5-7-17-13(12)19-14/h5-7,11H,8-10H2,1-4H3,(H,17,18,19)/t11-/m1/s1. The molecule has 7 nitrogen and oxygen atoms in total. The third-order valence-electron chi connectivity index (χ3n) is 3.80. The van der Waals surface area contributed by atoms with Crippen molar-refractivity contribution >= 4 is 23.2 Å². The van der Waals surface area contributed by atoms with Gasteiger partial charge in [-0.15, -0.1) is 0 Å². The van der Waals surface area contributed by atoms with E-state index in [1.165, 1.54) is 0 Å². The Kier molecular flexibility index (Phi) is 3.87. The number of ether oxygens (including phenoxy) is 1. The number of rotatable bonds is 1. The first-order chi connectivity index (χ1) is 10.8. The van der Waals surface area contributed by atoms with Gasteiger partial charge in [-0.2, -0.15) is 4.98 Å². The zero-order chi connectivity index (χ0) is 16.6. The van der Waals surface area contributed by atoms with E-state index in [1.807, 2.05) is 32.9 Å². The van der Waals surface area contributed by atoms with E-state index in [0.717, 1.165) is 11.5 Å². The van der Waals surface area contributed by atoms with Gasteiger partial charge in [0.15, 0.2) is 5.65 Å². The maximum Gasteiger partial charge on any atom is 0.410 e. The Bertz CT molecular complexity index is 673. The largest absolute Gasteiger partial charge is 0.444 e. The number of aromatic nitrogens is 3. The molecule has 0 bridgehead atoms. The number of carbonyl (C=O) groups excluding carboxylic acids is 1. The van der Waals surface area contributed by atoms with Crippen LogP contribution in [0, 0.1) is 0 Å². The number of imidazole rings is 1. The van der Waals surface area contributed by atoms with E-state index in [1.54, 1.807) is 11.1 Å². The Morgan fingerprint density at radius 3 is 2.83 bits per heavy atom. The molecular weight excluding hydrogens is 294 g/mol. The Morgan fingerprint density at radius 2 is 2.17 bits per heavy atom. The Labute approximate surface area is 135 Å². The van der Waals surface area contributed by atoms with Crippen molar-refractivity contribution in [2.45, 2.75) is 39.3 Å². The minimum absolute atomic E-state index is 0.150. The van der Waals surface area contributed by atoms with E-state index in [4.69, 9.17) is 4.74 Å². The third-order valence-corrected chi connectivity index (χ3v) is 3.80. The van der Waals surface area contributed by atoms with Crippen molar-refractivity contribution in [3.05, 3.63) is 18.3 Å². The van der Waals surface area contributed by atoms with E-state index in [0.29, 0.717) is 25.3 Å². The van der Waals surface area contributed by atoms with Gasteiger partial charge in [0.2, 0.25) is 5.95 Å². The van der Waals surface area contributed by atoms with Crippen molar-refractivity contribution in [1.82, 2.24) is 19.9 Å². The summed E-state index contributed by atoms with van der Waals surface area (Å²) in [7, 11) is 0. The van der Waals surface area contributed by atoms with Crippen molar-refractivity contribution < 1.29 is 9.53 Å². The summed E-state index contributed by atoms with van der Waals surface area (Å²) in [5.41, 5.74) is 1.16. The number of anilines is 1. The normalized spacial score (nSPS) is 19.2. The minimum atomic E-state index is -0.470.